The van der Waals surface area contributed by atoms with Gasteiger partial charge in [0.05, 0.1) is 0 Å². The van der Waals surface area contributed by atoms with E-state index in [-0.39, 0.29) is 11.9 Å². The number of nitrogens with one attached hydrogen (secondary N) is 1. The third kappa shape index (κ3) is 2.64. The molecule has 3 N–H and O–H groups in total. The van der Waals surface area contributed by atoms with E-state index in [0.29, 0.717) is 4.99 Å². The lowest BCUT2D eigenvalue weighted by Crippen LogP contribution is -2.31. The van der Waals surface area contributed by atoms with Crippen LogP contribution in [0.3, 0.4) is 0 Å². The predicted octanol–water partition coefficient (Wildman–Crippen LogP) is 1.73. The number of anilines is 1. The number of rotatable bonds is 3. The van der Waals surface area contributed by atoms with Gasteiger partial charge in [0.2, 0.25) is 5.91 Å². The summed E-state index contributed by atoms with van der Waals surface area (Å²) in [5, 5.41) is 3.22. The molecule has 4 nitrogen and oxygen atoms in total. The van der Waals surface area contributed by atoms with E-state index < -0.39 is 0 Å². The molecule has 1 atom stereocenters. The van der Waals surface area contributed by atoms with Gasteiger partial charge in [-0.15, -0.1) is 0 Å². The van der Waals surface area contributed by atoms with Crippen molar-refractivity contribution in [1.29, 1.82) is 0 Å². The number of nitrogens with zero attached hydrogens (tertiary/aromatic N) is 1. The van der Waals surface area contributed by atoms with Gasteiger partial charge in [-0.25, -0.2) is 0 Å². The summed E-state index contributed by atoms with van der Waals surface area (Å²) in [6.45, 7) is 0.773. The Morgan fingerprint density at radius 1 is 1.61 bits per heavy atom. The molecule has 96 valence electrons. The molecule has 0 bridgehead atoms. The Morgan fingerprint density at radius 2 is 2.33 bits per heavy atom. The quantitative estimate of drug-likeness (QED) is 0.830. The average molecular weight is 328 g/mol. The second-order valence-corrected chi connectivity index (χ2v) is 5.66. The predicted molar refractivity (Wildman–Crippen MR) is 79.7 cm³/mol. The normalized spacial score (nSPS) is 19.1. The third-order valence-electron chi connectivity index (χ3n) is 3.00. The topological polar surface area (TPSA) is 58.4 Å². The molecular weight excluding hydrogens is 314 g/mol. The summed E-state index contributed by atoms with van der Waals surface area (Å²) >= 11 is 8.40. The number of likely N-dealkylation sites (N-methyl/N-ethyl adjacent to an activating group) is 1. The molecule has 0 spiro atoms. The van der Waals surface area contributed by atoms with Gasteiger partial charge in [0.1, 0.15) is 11.0 Å². The second-order valence-electron chi connectivity index (χ2n) is 4.30. The van der Waals surface area contributed by atoms with Crippen LogP contribution in [0.2, 0.25) is 0 Å². The van der Waals surface area contributed by atoms with E-state index in [2.05, 4.69) is 21.2 Å². The number of thiocarbonyl (C=S) groups is 1. The van der Waals surface area contributed by atoms with Gasteiger partial charge in [0, 0.05) is 29.3 Å². The van der Waals surface area contributed by atoms with Crippen LogP contribution < -0.4 is 11.1 Å². The summed E-state index contributed by atoms with van der Waals surface area (Å²) in [7, 11) is 1.81. The Kier molecular flexibility index (Phi) is 3.87. The van der Waals surface area contributed by atoms with E-state index in [9.17, 15) is 4.79 Å². The fourth-order valence-corrected chi connectivity index (χ4v) is 2.52. The lowest BCUT2D eigenvalue weighted by molar-refractivity contribution is -0.127. The van der Waals surface area contributed by atoms with Crippen LogP contribution in [0.4, 0.5) is 5.69 Å². The molecule has 0 aromatic heterocycles. The third-order valence-corrected chi connectivity index (χ3v) is 3.72. The Balaban J connectivity index is 2.24. The van der Waals surface area contributed by atoms with Gasteiger partial charge in [0.25, 0.3) is 0 Å². The molecule has 18 heavy (non-hydrogen) atoms. The highest BCUT2D eigenvalue weighted by Crippen LogP contribution is 2.23. The first-order chi connectivity index (χ1) is 8.49. The van der Waals surface area contributed by atoms with Crippen molar-refractivity contribution >= 4 is 44.7 Å². The summed E-state index contributed by atoms with van der Waals surface area (Å²) in [6, 6.07) is 5.44. The first kappa shape index (κ1) is 13.3. The zero-order valence-corrected chi connectivity index (χ0v) is 12.3. The molecule has 1 aliphatic rings. The average Bonchev–Trinajstić information content (AvgIpc) is 2.63. The van der Waals surface area contributed by atoms with E-state index in [0.717, 1.165) is 28.7 Å². The van der Waals surface area contributed by atoms with Crippen LogP contribution >= 0.6 is 28.1 Å². The van der Waals surface area contributed by atoms with Crippen molar-refractivity contribution in [2.24, 2.45) is 5.73 Å². The molecule has 0 radical (unpaired) electrons. The Morgan fingerprint density at radius 3 is 2.89 bits per heavy atom. The van der Waals surface area contributed by atoms with Gasteiger partial charge in [0.15, 0.2) is 0 Å². The van der Waals surface area contributed by atoms with Crippen LogP contribution in [0.15, 0.2) is 22.7 Å². The van der Waals surface area contributed by atoms with Crippen molar-refractivity contribution in [1.82, 2.24) is 4.90 Å². The van der Waals surface area contributed by atoms with E-state index >= 15 is 0 Å². The first-order valence-electron chi connectivity index (χ1n) is 5.60. The fraction of sp³-hybridized carbons (Fsp3) is 0.333. The molecule has 1 amide bonds. The fourth-order valence-electron chi connectivity index (χ4n) is 1.99. The van der Waals surface area contributed by atoms with Crippen LogP contribution in [-0.2, 0) is 4.79 Å². The summed E-state index contributed by atoms with van der Waals surface area (Å²) in [6.07, 6.45) is 0.794. The van der Waals surface area contributed by atoms with E-state index in [1.54, 1.807) is 11.9 Å². The number of carbonyl (C=O) groups is 1. The summed E-state index contributed by atoms with van der Waals surface area (Å²) in [5.41, 5.74) is 7.25. The van der Waals surface area contributed by atoms with Gasteiger partial charge in [-0.05, 0) is 24.6 Å². The summed E-state index contributed by atoms with van der Waals surface area (Å²) in [5.74, 6) is 0.104. The monoisotopic (exact) mass is 327 g/mol. The molecule has 1 aromatic carbocycles. The van der Waals surface area contributed by atoms with Gasteiger partial charge in [-0.3, -0.25) is 4.79 Å². The minimum Gasteiger partial charge on any atom is -0.389 e. The maximum atomic E-state index is 11.8. The molecule has 6 heteroatoms. The minimum atomic E-state index is -0.190. The van der Waals surface area contributed by atoms with Crippen molar-refractivity contribution in [2.45, 2.75) is 12.5 Å². The van der Waals surface area contributed by atoms with Crippen LogP contribution in [-0.4, -0.2) is 35.4 Å². The maximum Gasteiger partial charge on any atom is 0.244 e. The number of hydrogen-bond donors (Lipinski definition) is 2. The van der Waals surface area contributed by atoms with E-state index in [4.69, 9.17) is 18.0 Å². The zero-order valence-electron chi connectivity index (χ0n) is 9.94. The van der Waals surface area contributed by atoms with Gasteiger partial charge >= 0.3 is 0 Å². The van der Waals surface area contributed by atoms with Crippen LogP contribution in [0.25, 0.3) is 0 Å². The number of likely N-dealkylation sites (tertiary alicyclic amines) is 1. The largest absolute Gasteiger partial charge is 0.389 e. The van der Waals surface area contributed by atoms with Crippen LogP contribution in [0, 0.1) is 0 Å². The summed E-state index contributed by atoms with van der Waals surface area (Å²) < 4.78 is 0.908. The number of carbonyl (C=O) groups excluding carboxylic acids is 1. The Hall–Kier alpha value is -1.14. The first-order valence-corrected chi connectivity index (χ1v) is 6.80. The van der Waals surface area contributed by atoms with Gasteiger partial charge in [-0.1, -0.05) is 28.1 Å². The highest BCUT2D eigenvalue weighted by Gasteiger charge is 2.29. The summed E-state index contributed by atoms with van der Waals surface area (Å²) in [4.78, 5) is 13.9. The minimum absolute atomic E-state index is 0.104. The zero-order chi connectivity index (χ0) is 13.3. The molecule has 2 rings (SSSR count). The Labute approximate surface area is 120 Å². The SMILES string of the molecule is CN1CCC(Nc2ccc(Br)cc2C(N)=S)C1=O. The van der Waals surface area contributed by atoms with Crippen molar-refractivity contribution < 1.29 is 4.79 Å². The van der Waals surface area contributed by atoms with Crippen molar-refractivity contribution in [3.05, 3.63) is 28.2 Å². The number of amides is 1. The van der Waals surface area contributed by atoms with E-state index in [1.807, 2.05) is 18.2 Å². The number of benzene rings is 1. The van der Waals surface area contributed by atoms with Crippen molar-refractivity contribution in [3.63, 3.8) is 0 Å². The Bertz CT molecular complexity index is 506. The maximum absolute atomic E-state index is 11.8. The van der Waals surface area contributed by atoms with Crippen LogP contribution in [0.5, 0.6) is 0 Å². The second kappa shape index (κ2) is 5.24. The van der Waals surface area contributed by atoms with Gasteiger partial charge in [-0.2, -0.15) is 0 Å². The van der Waals surface area contributed by atoms with Gasteiger partial charge < -0.3 is 16.0 Å². The molecule has 1 heterocycles. The number of hydrogen-bond acceptors (Lipinski definition) is 3. The number of nitrogens with two attached hydrogens (primary N) is 1. The molecule has 0 aliphatic carbocycles. The molecule has 0 saturated carbocycles. The smallest absolute Gasteiger partial charge is 0.244 e. The number of halogens is 1. The van der Waals surface area contributed by atoms with Crippen molar-refractivity contribution in [3.8, 4) is 0 Å². The van der Waals surface area contributed by atoms with E-state index in [1.165, 1.54) is 0 Å². The van der Waals surface area contributed by atoms with Crippen molar-refractivity contribution in [2.75, 3.05) is 18.9 Å². The highest BCUT2D eigenvalue weighted by molar-refractivity contribution is 9.10. The molecule has 1 fully saturated rings. The molecule has 1 aliphatic heterocycles. The van der Waals surface area contributed by atoms with Crippen LogP contribution in [0.1, 0.15) is 12.0 Å². The molecule has 1 unspecified atom stereocenters. The highest BCUT2D eigenvalue weighted by atomic mass is 79.9. The molecule has 1 saturated heterocycles. The lowest BCUT2D eigenvalue weighted by Gasteiger charge is -2.16. The molecule has 1 aromatic rings. The lowest BCUT2D eigenvalue weighted by atomic mass is 10.1. The molecular formula is C12H14BrN3OS. The standard InChI is InChI=1S/C12H14BrN3OS/c1-16-5-4-10(12(16)17)15-9-3-2-7(13)6-8(9)11(14)18/h2-3,6,10,15H,4-5H2,1H3,(H2,14,18).